The normalized spacial score (nSPS) is 12.4. The first-order chi connectivity index (χ1) is 12.4. The molecule has 0 spiro atoms. The molecule has 2 aromatic carbocycles. The fourth-order valence-corrected chi connectivity index (χ4v) is 3.67. The third-order valence-corrected chi connectivity index (χ3v) is 4.97. The molecule has 0 unspecified atom stereocenters. The van der Waals surface area contributed by atoms with Gasteiger partial charge >= 0.3 is 0 Å². The molecule has 2 rings (SSSR count). The first kappa shape index (κ1) is 19.1. The van der Waals surface area contributed by atoms with Crippen LogP contribution in [0.4, 0.5) is 11.4 Å². The van der Waals surface area contributed by atoms with E-state index in [4.69, 9.17) is 22.9 Å². The second-order valence-electron chi connectivity index (χ2n) is 5.05. The molecule has 26 heavy (non-hydrogen) atoms. The molecule has 8 N–H and O–H groups in total. The molecule has 0 aromatic heterocycles. The van der Waals surface area contributed by atoms with Gasteiger partial charge in [-0.15, -0.1) is 0 Å². The van der Waals surface area contributed by atoms with Crippen molar-refractivity contribution >= 4 is 34.9 Å². The Labute approximate surface area is 160 Å². The van der Waals surface area contributed by atoms with Crippen molar-refractivity contribution in [2.24, 2.45) is 11.5 Å². The van der Waals surface area contributed by atoms with Gasteiger partial charge in [0.15, 0.2) is 0 Å². The number of anilines is 2. The Kier molecular flexibility index (Phi) is 6.45. The zero-order valence-electron chi connectivity index (χ0n) is 13.6. The van der Waals surface area contributed by atoms with Gasteiger partial charge in [0.25, 0.3) is 0 Å². The van der Waals surface area contributed by atoms with Crippen LogP contribution >= 0.6 is 23.5 Å². The minimum Gasteiger partial charge on any atom is -0.399 e. The van der Waals surface area contributed by atoms with Gasteiger partial charge in [-0.1, -0.05) is 35.7 Å². The molecule has 0 saturated carbocycles. The Balaban J connectivity index is 2.37. The van der Waals surface area contributed by atoms with E-state index in [0.29, 0.717) is 11.4 Å². The van der Waals surface area contributed by atoms with Crippen molar-refractivity contribution in [2.45, 2.75) is 9.79 Å². The van der Waals surface area contributed by atoms with Crippen molar-refractivity contribution < 1.29 is 0 Å². The summed E-state index contributed by atoms with van der Waals surface area (Å²) in [5.74, 6) is 0. The predicted molar refractivity (Wildman–Crippen MR) is 107 cm³/mol. The summed E-state index contributed by atoms with van der Waals surface area (Å²) >= 11 is 2.29. The van der Waals surface area contributed by atoms with Crippen LogP contribution in [0.1, 0.15) is 0 Å². The van der Waals surface area contributed by atoms with E-state index in [1.807, 2.05) is 24.3 Å². The van der Waals surface area contributed by atoms with Gasteiger partial charge in [0.2, 0.25) is 0 Å². The summed E-state index contributed by atoms with van der Waals surface area (Å²) in [7, 11) is 0. The Morgan fingerprint density at radius 3 is 1.42 bits per heavy atom. The number of allylic oxidation sites excluding steroid dienone is 2. The van der Waals surface area contributed by atoms with Crippen molar-refractivity contribution in [1.29, 1.82) is 10.5 Å². The summed E-state index contributed by atoms with van der Waals surface area (Å²) in [6.45, 7) is 0. The zero-order valence-corrected chi connectivity index (χ0v) is 15.3. The summed E-state index contributed by atoms with van der Waals surface area (Å²) < 4.78 is 0. The predicted octanol–water partition coefficient (Wildman–Crippen LogP) is 3.12. The van der Waals surface area contributed by atoms with Crippen LogP contribution in [0.2, 0.25) is 0 Å². The Morgan fingerprint density at radius 2 is 1.12 bits per heavy atom. The van der Waals surface area contributed by atoms with E-state index in [9.17, 15) is 10.5 Å². The van der Waals surface area contributed by atoms with Crippen LogP contribution in [-0.2, 0) is 0 Å². The molecule has 0 heterocycles. The van der Waals surface area contributed by atoms with Gasteiger partial charge in [-0.2, -0.15) is 10.5 Å². The molecular formula is C18H16N6S2. The van der Waals surface area contributed by atoms with Gasteiger partial charge in [0, 0.05) is 21.2 Å². The number of benzene rings is 2. The smallest absolute Gasteiger partial charge is 0.103 e. The van der Waals surface area contributed by atoms with Crippen molar-refractivity contribution in [1.82, 2.24) is 0 Å². The third-order valence-electron chi connectivity index (χ3n) is 3.14. The summed E-state index contributed by atoms with van der Waals surface area (Å²) in [5.41, 5.74) is 24.8. The van der Waals surface area contributed by atoms with Crippen molar-refractivity contribution in [3.8, 4) is 12.1 Å². The van der Waals surface area contributed by atoms with Crippen LogP contribution in [0.3, 0.4) is 0 Å². The summed E-state index contributed by atoms with van der Waals surface area (Å²) in [5, 5.41) is 19.3. The van der Waals surface area contributed by atoms with Gasteiger partial charge in [0.1, 0.15) is 23.3 Å². The minimum atomic E-state index is 0.0221. The first-order valence-electron chi connectivity index (χ1n) is 7.31. The lowest BCUT2D eigenvalue weighted by molar-refractivity contribution is 1.34. The lowest BCUT2D eigenvalue weighted by atomic mass is 10.1. The molecule has 0 aliphatic carbocycles. The third kappa shape index (κ3) is 4.90. The fraction of sp³-hybridized carbons (Fsp3) is 0. The highest BCUT2D eigenvalue weighted by Crippen LogP contribution is 2.33. The lowest BCUT2D eigenvalue weighted by Crippen LogP contribution is -2.05. The van der Waals surface area contributed by atoms with Gasteiger partial charge in [-0.25, -0.2) is 0 Å². The molecule has 0 atom stereocenters. The number of nitrogen functional groups attached to an aromatic ring is 2. The van der Waals surface area contributed by atoms with E-state index in [0.717, 1.165) is 33.3 Å². The topological polar surface area (TPSA) is 152 Å². The standard InChI is InChI=1S/C18H16N6S2/c19-9-15(17(23)25-13-5-1-3-11(21)7-13)16(10-20)18(24)26-14-6-2-4-12(22)8-14/h1-8H,21-24H2/b17-15+,18-16+. The van der Waals surface area contributed by atoms with E-state index in [1.54, 1.807) is 36.4 Å². The van der Waals surface area contributed by atoms with Crippen LogP contribution in [0.5, 0.6) is 0 Å². The average molecular weight is 381 g/mol. The van der Waals surface area contributed by atoms with E-state index < -0.39 is 0 Å². The van der Waals surface area contributed by atoms with Gasteiger partial charge in [0.05, 0.1) is 10.1 Å². The maximum Gasteiger partial charge on any atom is 0.103 e. The Morgan fingerprint density at radius 1 is 0.731 bits per heavy atom. The van der Waals surface area contributed by atoms with Gasteiger partial charge in [-0.3, -0.25) is 0 Å². The van der Waals surface area contributed by atoms with E-state index in [1.165, 1.54) is 0 Å². The molecule has 0 aliphatic heterocycles. The fourth-order valence-electron chi connectivity index (χ4n) is 1.98. The highest BCUT2D eigenvalue weighted by Gasteiger charge is 2.16. The molecule has 2 aromatic rings. The number of nitriles is 2. The largest absolute Gasteiger partial charge is 0.399 e. The molecule has 0 bridgehead atoms. The summed E-state index contributed by atoms with van der Waals surface area (Å²) in [6.07, 6.45) is 0. The van der Waals surface area contributed by atoms with Gasteiger partial charge in [-0.05, 0) is 36.4 Å². The zero-order chi connectivity index (χ0) is 19.1. The summed E-state index contributed by atoms with van der Waals surface area (Å²) in [6, 6.07) is 18.1. The molecular weight excluding hydrogens is 364 g/mol. The molecule has 8 heteroatoms. The number of nitrogens with two attached hydrogens (primary N) is 4. The molecule has 0 saturated heterocycles. The SMILES string of the molecule is N#CC(=C(/N)Sc1cccc(N)c1)/C(C#N)=C(\N)Sc1cccc(N)c1. The van der Waals surface area contributed by atoms with Crippen LogP contribution in [-0.4, -0.2) is 0 Å². The molecule has 0 fully saturated rings. The summed E-state index contributed by atoms with van der Waals surface area (Å²) in [4.78, 5) is 1.52. The van der Waals surface area contributed by atoms with E-state index >= 15 is 0 Å². The molecule has 0 aliphatic rings. The van der Waals surface area contributed by atoms with E-state index in [-0.39, 0.29) is 21.2 Å². The van der Waals surface area contributed by atoms with Gasteiger partial charge < -0.3 is 22.9 Å². The van der Waals surface area contributed by atoms with Crippen molar-refractivity contribution in [3.63, 3.8) is 0 Å². The average Bonchev–Trinajstić information content (AvgIpc) is 2.59. The van der Waals surface area contributed by atoms with Crippen molar-refractivity contribution in [2.75, 3.05) is 11.5 Å². The second-order valence-corrected chi connectivity index (χ2v) is 7.28. The maximum absolute atomic E-state index is 9.49. The molecule has 130 valence electrons. The number of rotatable bonds is 5. The van der Waals surface area contributed by atoms with Crippen LogP contribution in [0.15, 0.2) is 79.5 Å². The second kappa shape index (κ2) is 8.77. The van der Waals surface area contributed by atoms with Crippen LogP contribution < -0.4 is 22.9 Å². The number of hydrogen-bond acceptors (Lipinski definition) is 8. The molecule has 0 amide bonds. The highest BCUT2D eigenvalue weighted by atomic mass is 32.2. The minimum absolute atomic E-state index is 0.0221. The number of hydrogen-bond donors (Lipinski definition) is 4. The monoisotopic (exact) mass is 380 g/mol. The highest BCUT2D eigenvalue weighted by molar-refractivity contribution is 8.03. The maximum atomic E-state index is 9.49. The van der Waals surface area contributed by atoms with Crippen molar-refractivity contribution in [3.05, 3.63) is 69.7 Å². The molecule has 0 radical (unpaired) electrons. The number of thioether (sulfide) groups is 2. The Hall–Kier alpha value is -3.20. The van der Waals surface area contributed by atoms with Crippen LogP contribution in [0, 0.1) is 22.7 Å². The Bertz CT molecular complexity index is 887. The number of nitrogens with zero attached hydrogens (tertiary/aromatic N) is 2. The first-order valence-corrected chi connectivity index (χ1v) is 8.94. The lowest BCUT2D eigenvalue weighted by Gasteiger charge is -2.08. The van der Waals surface area contributed by atoms with E-state index in [2.05, 4.69) is 0 Å². The quantitative estimate of drug-likeness (QED) is 0.267. The van der Waals surface area contributed by atoms with Crippen LogP contribution in [0.25, 0.3) is 0 Å². The molecule has 6 nitrogen and oxygen atoms in total.